The smallest absolute Gasteiger partial charge is 0.183 e. The lowest BCUT2D eigenvalue weighted by Gasteiger charge is -2.33. The molecule has 1 aliphatic heterocycles. The van der Waals surface area contributed by atoms with Crippen LogP contribution in [0.25, 0.3) is 11.3 Å². The number of hydrogen-bond acceptors (Lipinski definition) is 6. The van der Waals surface area contributed by atoms with Gasteiger partial charge in [0.25, 0.3) is 0 Å². The molecule has 7 nitrogen and oxygen atoms in total. The second-order valence-electron chi connectivity index (χ2n) is 5.24. The van der Waals surface area contributed by atoms with Gasteiger partial charge in [-0.2, -0.15) is 10.4 Å². The van der Waals surface area contributed by atoms with Crippen LogP contribution in [-0.4, -0.2) is 45.4 Å². The topological polar surface area (TPSA) is 82.7 Å². The Morgan fingerprint density at radius 2 is 2.29 bits per heavy atom. The molecule has 0 aromatic carbocycles. The third-order valence-electron chi connectivity index (χ3n) is 3.53. The van der Waals surface area contributed by atoms with Crippen molar-refractivity contribution >= 4 is 5.82 Å². The number of hydrogen-bond donors (Lipinski definition) is 1. The van der Waals surface area contributed by atoms with Crippen LogP contribution in [0.1, 0.15) is 12.6 Å². The van der Waals surface area contributed by atoms with Gasteiger partial charge in [-0.25, -0.2) is 9.97 Å². The summed E-state index contributed by atoms with van der Waals surface area (Å²) in [4.78, 5) is 11.0. The number of piperazine rings is 1. The van der Waals surface area contributed by atoms with E-state index in [1.54, 1.807) is 17.1 Å². The Morgan fingerprint density at radius 3 is 2.95 bits per heavy atom. The molecule has 2 aromatic rings. The van der Waals surface area contributed by atoms with E-state index in [4.69, 9.17) is 0 Å². The fourth-order valence-corrected chi connectivity index (χ4v) is 2.50. The first-order valence-corrected chi connectivity index (χ1v) is 6.92. The van der Waals surface area contributed by atoms with Crippen LogP contribution in [0.15, 0.2) is 18.6 Å². The highest BCUT2D eigenvalue weighted by Gasteiger charge is 2.21. The van der Waals surface area contributed by atoms with E-state index < -0.39 is 0 Å². The van der Waals surface area contributed by atoms with E-state index in [9.17, 15) is 5.26 Å². The van der Waals surface area contributed by atoms with Gasteiger partial charge < -0.3 is 10.2 Å². The first-order chi connectivity index (χ1) is 10.2. The molecule has 3 rings (SSSR count). The molecule has 108 valence electrons. The third kappa shape index (κ3) is 2.71. The molecule has 1 fully saturated rings. The zero-order chi connectivity index (χ0) is 14.8. The minimum Gasteiger partial charge on any atom is -0.351 e. The molecule has 1 atom stereocenters. The highest BCUT2D eigenvalue weighted by Crippen LogP contribution is 2.22. The molecule has 0 bridgehead atoms. The molecule has 0 saturated carbocycles. The number of aryl methyl sites for hydroxylation is 1. The fraction of sp³-hybridized carbons (Fsp3) is 0.429. The molecule has 0 amide bonds. The monoisotopic (exact) mass is 283 g/mol. The Bertz CT molecular complexity index is 685. The summed E-state index contributed by atoms with van der Waals surface area (Å²) in [5, 5.41) is 16.8. The number of aromatic nitrogens is 4. The normalized spacial score (nSPS) is 18.5. The maximum atomic E-state index is 9.27. The van der Waals surface area contributed by atoms with E-state index >= 15 is 0 Å². The van der Waals surface area contributed by atoms with E-state index in [0.717, 1.165) is 30.9 Å². The van der Waals surface area contributed by atoms with Crippen molar-refractivity contribution in [2.24, 2.45) is 7.05 Å². The van der Waals surface area contributed by atoms with E-state index in [-0.39, 0.29) is 0 Å². The van der Waals surface area contributed by atoms with Gasteiger partial charge in [-0.3, -0.25) is 4.68 Å². The van der Waals surface area contributed by atoms with Gasteiger partial charge in [0.2, 0.25) is 0 Å². The quantitative estimate of drug-likeness (QED) is 0.866. The zero-order valence-corrected chi connectivity index (χ0v) is 12.1. The van der Waals surface area contributed by atoms with Crippen LogP contribution in [0, 0.1) is 11.3 Å². The summed E-state index contributed by atoms with van der Waals surface area (Å²) in [6.07, 6.45) is 5.27. The first-order valence-electron chi connectivity index (χ1n) is 6.92. The summed E-state index contributed by atoms with van der Waals surface area (Å²) in [5.74, 6) is 0.659. The number of nitrogens with one attached hydrogen (secondary N) is 1. The lowest BCUT2D eigenvalue weighted by atomic mass is 10.2. The van der Waals surface area contributed by atoms with Crippen molar-refractivity contribution in [1.82, 2.24) is 25.1 Å². The highest BCUT2D eigenvalue weighted by atomic mass is 15.3. The lowest BCUT2D eigenvalue weighted by Crippen LogP contribution is -2.49. The van der Waals surface area contributed by atoms with Crippen molar-refractivity contribution in [1.29, 1.82) is 5.26 Å². The van der Waals surface area contributed by atoms with Crippen LogP contribution in [0.3, 0.4) is 0 Å². The Kier molecular flexibility index (Phi) is 3.54. The van der Waals surface area contributed by atoms with Crippen molar-refractivity contribution in [3.63, 3.8) is 0 Å². The highest BCUT2D eigenvalue weighted by molar-refractivity contribution is 5.61. The van der Waals surface area contributed by atoms with Crippen molar-refractivity contribution in [2.45, 2.75) is 13.0 Å². The van der Waals surface area contributed by atoms with Crippen molar-refractivity contribution < 1.29 is 0 Å². The predicted molar refractivity (Wildman–Crippen MR) is 78.6 cm³/mol. The van der Waals surface area contributed by atoms with Crippen molar-refractivity contribution in [3.8, 4) is 17.3 Å². The van der Waals surface area contributed by atoms with Crippen molar-refractivity contribution in [2.75, 3.05) is 24.5 Å². The summed E-state index contributed by atoms with van der Waals surface area (Å²) in [5.41, 5.74) is 2.01. The van der Waals surface area contributed by atoms with E-state index in [2.05, 4.69) is 38.3 Å². The van der Waals surface area contributed by atoms with E-state index in [0.29, 0.717) is 17.6 Å². The van der Waals surface area contributed by atoms with Crippen LogP contribution in [-0.2, 0) is 7.05 Å². The molecule has 1 N–H and O–H groups in total. The standard InChI is InChI=1S/C14H17N7/c1-10-8-21(4-3-16-10)14-12(5-15)17-7-13(19-14)11-6-18-20(2)9-11/h6-7,9-10,16H,3-4,8H2,1-2H3/t10-/m1/s1. The van der Waals surface area contributed by atoms with Crippen LogP contribution >= 0.6 is 0 Å². The molecular formula is C14H17N7. The van der Waals surface area contributed by atoms with Crippen molar-refractivity contribution in [3.05, 3.63) is 24.3 Å². The average Bonchev–Trinajstić information content (AvgIpc) is 2.93. The Morgan fingerprint density at radius 1 is 1.43 bits per heavy atom. The van der Waals surface area contributed by atoms with Crippen LogP contribution < -0.4 is 10.2 Å². The maximum Gasteiger partial charge on any atom is 0.183 e. The van der Waals surface area contributed by atoms with E-state index in [1.165, 1.54) is 0 Å². The van der Waals surface area contributed by atoms with Crippen LogP contribution in [0.2, 0.25) is 0 Å². The van der Waals surface area contributed by atoms with Gasteiger partial charge in [0, 0.05) is 44.5 Å². The first kappa shape index (κ1) is 13.5. The lowest BCUT2D eigenvalue weighted by molar-refractivity contribution is 0.482. The summed E-state index contributed by atoms with van der Waals surface area (Å²) in [6.45, 7) is 4.64. The summed E-state index contributed by atoms with van der Waals surface area (Å²) in [7, 11) is 1.86. The number of nitriles is 1. The van der Waals surface area contributed by atoms with Gasteiger partial charge >= 0.3 is 0 Å². The minimum atomic E-state index is 0.370. The Balaban J connectivity index is 1.99. The molecule has 0 aliphatic carbocycles. The van der Waals surface area contributed by atoms with Gasteiger partial charge in [0.05, 0.1) is 18.1 Å². The SMILES string of the molecule is C[C@@H]1CN(c2nc(-c3cnn(C)c3)cnc2C#N)CCN1. The number of rotatable bonds is 2. The number of anilines is 1. The Hall–Kier alpha value is -2.46. The molecule has 7 heteroatoms. The summed E-state index contributed by atoms with van der Waals surface area (Å²) < 4.78 is 1.72. The van der Waals surface area contributed by atoms with Crippen LogP contribution in [0.5, 0.6) is 0 Å². The van der Waals surface area contributed by atoms with Crippen LogP contribution in [0.4, 0.5) is 5.82 Å². The van der Waals surface area contributed by atoms with Gasteiger partial charge in [-0.15, -0.1) is 0 Å². The molecule has 21 heavy (non-hydrogen) atoms. The molecule has 0 unspecified atom stereocenters. The third-order valence-corrected chi connectivity index (χ3v) is 3.53. The summed E-state index contributed by atoms with van der Waals surface area (Å²) in [6, 6.07) is 2.50. The average molecular weight is 283 g/mol. The van der Waals surface area contributed by atoms with Gasteiger partial charge in [-0.1, -0.05) is 0 Å². The minimum absolute atomic E-state index is 0.370. The summed E-state index contributed by atoms with van der Waals surface area (Å²) >= 11 is 0. The second kappa shape index (κ2) is 5.50. The molecule has 2 aromatic heterocycles. The molecule has 1 saturated heterocycles. The molecule has 1 aliphatic rings. The molecule has 0 spiro atoms. The van der Waals surface area contributed by atoms with Gasteiger partial charge in [0.15, 0.2) is 11.5 Å². The van der Waals surface area contributed by atoms with Gasteiger partial charge in [-0.05, 0) is 6.92 Å². The predicted octanol–water partition coefficient (Wildman–Crippen LogP) is 0.547. The molecule has 3 heterocycles. The van der Waals surface area contributed by atoms with E-state index in [1.807, 2.05) is 13.2 Å². The molecule has 0 radical (unpaired) electrons. The molecular weight excluding hydrogens is 266 g/mol. The fourth-order valence-electron chi connectivity index (χ4n) is 2.50. The number of nitrogens with zero attached hydrogens (tertiary/aromatic N) is 6. The zero-order valence-electron chi connectivity index (χ0n) is 12.1. The maximum absolute atomic E-state index is 9.27. The Labute approximate surface area is 123 Å². The largest absolute Gasteiger partial charge is 0.351 e. The van der Waals surface area contributed by atoms with Gasteiger partial charge in [0.1, 0.15) is 6.07 Å². The second-order valence-corrected chi connectivity index (χ2v) is 5.24.